The number of urea groups is 1. The van der Waals surface area contributed by atoms with Crippen LogP contribution >= 0.6 is 23.2 Å². The first-order valence-electron chi connectivity index (χ1n) is 9.22. The smallest absolute Gasteiger partial charge is 0.306 e. The van der Waals surface area contributed by atoms with Crippen LogP contribution < -0.4 is 15.8 Å². The Balaban J connectivity index is 1.90. The van der Waals surface area contributed by atoms with E-state index in [1.54, 1.807) is 9.69 Å². The largest absolute Gasteiger partial charge is 0.338 e. The number of pyridine rings is 2. The van der Waals surface area contributed by atoms with Crippen LogP contribution in [-0.4, -0.2) is 32.3 Å². The molecular formula is C19H23Cl2N7O. The van der Waals surface area contributed by atoms with Crippen molar-refractivity contribution in [1.82, 2.24) is 25.2 Å². The average Bonchev–Trinajstić information content (AvgIpc) is 2.92. The molecule has 8 nitrogen and oxygen atoms in total. The maximum atomic E-state index is 12.5. The highest BCUT2D eigenvalue weighted by Crippen LogP contribution is 2.30. The third-order valence-corrected chi connectivity index (χ3v) is 4.84. The monoisotopic (exact) mass is 435 g/mol. The SMILES string of the molecule is CCN(NC(=O)Nc1cc(Cl)nc(Cl)c1)c1cc(C(C)C)c2c(C)nn(C)c2n1. The summed E-state index contributed by atoms with van der Waals surface area (Å²) in [6.45, 7) is 8.66. The molecule has 3 aromatic heterocycles. The Morgan fingerprint density at radius 3 is 2.45 bits per heavy atom. The summed E-state index contributed by atoms with van der Waals surface area (Å²) in [5.74, 6) is 0.906. The van der Waals surface area contributed by atoms with Crippen LogP contribution in [0.5, 0.6) is 0 Å². The normalized spacial score (nSPS) is 11.2. The van der Waals surface area contributed by atoms with Crippen LogP contribution in [0, 0.1) is 6.92 Å². The van der Waals surface area contributed by atoms with Crippen molar-refractivity contribution in [2.45, 2.75) is 33.6 Å². The van der Waals surface area contributed by atoms with Gasteiger partial charge in [-0.3, -0.25) is 9.69 Å². The highest BCUT2D eigenvalue weighted by Gasteiger charge is 2.19. The number of nitrogens with one attached hydrogen (secondary N) is 2. The molecule has 3 rings (SSSR count). The fourth-order valence-electron chi connectivity index (χ4n) is 3.17. The van der Waals surface area contributed by atoms with Crippen molar-refractivity contribution in [2.24, 2.45) is 7.05 Å². The number of anilines is 2. The zero-order chi connectivity index (χ0) is 21.3. The Morgan fingerprint density at radius 1 is 1.21 bits per heavy atom. The summed E-state index contributed by atoms with van der Waals surface area (Å²) in [5, 5.41) is 10.3. The standard InChI is InChI=1S/C19H23Cl2N7O/c1-6-28(26-19(29)22-12-7-14(20)23-15(21)8-12)16-9-13(10(2)3)17-11(4)25-27(5)18(17)24-16/h7-10H,6H2,1-5H3,(H2,22,23,26,29). The molecule has 0 bridgehead atoms. The minimum absolute atomic E-state index is 0.195. The first-order valence-corrected chi connectivity index (χ1v) is 9.97. The Hall–Kier alpha value is -2.58. The van der Waals surface area contributed by atoms with E-state index in [0.29, 0.717) is 18.1 Å². The van der Waals surface area contributed by atoms with Gasteiger partial charge in [-0.25, -0.2) is 20.2 Å². The third-order valence-electron chi connectivity index (χ3n) is 4.46. The molecule has 29 heavy (non-hydrogen) atoms. The maximum absolute atomic E-state index is 12.5. The summed E-state index contributed by atoms with van der Waals surface area (Å²) in [5.41, 5.74) is 6.09. The van der Waals surface area contributed by atoms with E-state index in [0.717, 1.165) is 22.3 Å². The number of aryl methyl sites for hydroxylation is 2. The lowest BCUT2D eigenvalue weighted by molar-refractivity contribution is 0.251. The summed E-state index contributed by atoms with van der Waals surface area (Å²) in [6.07, 6.45) is 0. The van der Waals surface area contributed by atoms with Crippen LogP contribution in [0.15, 0.2) is 18.2 Å². The highest BCUT2D eigenvalue weighted by atomic mass is 35.5. The van der Waals surface area contributed by atoms with Crippen molar-refractivity contribution in [3.63, 3.8) is 0 Å². The van der Waals surface area contributed by atoms with Crippen molar-refractivity contribution < 1.29 is 4.79 Å². The topological polar surface area (TPSA) is 88.0 Å². The number of hydrazine groups is 1. The molecule has 0 spiro atoms. The minimum atomic E-state index is -0.445. The van der Waals surface area contributed by atoms with Crippen LogP contribution in [-0.2, 0) is 7.05 Å². The molecule has 0 saturated carbocycles. The Labute approximate surface area is 179 Å². The van der Waals surface area contributed by atoms with Crippen molar-refractivity contribution >= 4 is 51.8 Å². The summed E-state index contributed by atoms with van der Waals surface area (Å²) in [7, 11) is 1.86. The van der Waals surface area contributed by atoms with Crippen molar-refractivity contribution in [3.8, 4) is 0 Å². The van der Waals surface area contributed by atoms with Crippen LogP contribution in [0.1, 0.15) is 37.9 Å². The molecule has 0 atom stereocenters. The Morgan fingerprint density at radius 2 is 1.86 bits per heavy atom. The van der Waals surface area contributed by atoms with E-state index < -0.39 is 6.03 Å². The van der Waals surface area contributed by atoms with Gasteiger partial charge in [-0.15, -0.1) is 0 Å². The number of aromatic nitrogens is 4. The fourth-order valence-corrected chi connectivity index (χ4v) is 3.64. The molecule has 2 amide bonds. The molecule has 0 saturated heterocycles. The van der Waals surface area contributed by atoms with Crippen molar-refractivity contribution in [1.29, 1.82) is 0 Å². The molecule has 10 heteroatoms. The molecule has 0 aliphatic carbocycles. The van der Waals surface area contributed by atoms with E-state index in [9.17, 15) is 4.79 Å². The van der Waals surface area contributed by atoms with Gasteiger partial charge in [0.2, 0.25) is 0 Å². The molecule has 0 aliphatic rings. The number of nitrogens with zero attached hydrogens (tertiary/aromatic N) is 5. The van der Waals surface area contributed by atoms with E-state index in [1.807, 2.05) is 27.0 Å². The van der Waals surface area contributed by atoms with Gasteiger partial charge in [-0.05, 0) is 43.5 Å². The first-order chi connectivity index (χ1) is 13.7. The summed E-state index contributed by atoms with van der Waals surface area (Å²) < 4.78 is 1.76. The number of carbonyl (C=O) groups is 1. The maximum Gasteiger partial charge on any atom is 0.338 e. The Bertz CT molecular complexity index is 1040. The van der Waals surface area contributed by atoms with Crippen molar-refractivity contribution in [3.05, 3.63) is 39.8 Å². The zero-order valence-electron chi connectivity index (χ0n) is 16.9. The second-order valence-corrected chi connectivity index (χ2v) is 7.72. The van der Waals surface area contributed by atoms with Gasteiger partial charge in [-0.1, -0.05) is 37.0 Å². The lowest BCUT2D eigenvalue weighted by atomic mass is 10.00. The lowest BCUT2D eigenvalue weighted by Crippen LogP contribution is -2.45. The van der Waals surface area contributed by atoms with Gasteiger partial charge in [0, 0.05) is 24.7 Å². The molecule has 0 aromatic carbocycles. The quantitative estimate of drug-likeness (QED) is 0.449. The number of carbonyl (C=O) groups excluding carboxylic acids is 1. The van der Waals surface area contributed by atoms with Gasteiger partial charge >= 0.3 is 6.03 Å². The van der Waals surface area contributed by atoms with E-state index >= 15 is 0 Å². The minimum Gasteiger partial charge on any atom is -0.306 e. The second-order valence-electron chi connectivity index (χ2n) is 6.94. The Kier molecular flexibility index (Phi) is 6.14. The van der Waals surface area contributed by atoms with E-state index in [1.165, 1.54) is 12.1 Å². The van der Waals surface area contributed by atoms with Crippen LogP contribution in [0.2, 0.25) is 10.3 Å². The molecule has 2 N–H and O–H groups in total. The average molecular weight is 436 g/mol. The van der Waals surface area contributed by atoms with Gasteiger partial charge in [0.05, 0.1) is 5.69 Å². The second kappa shape index (κ2) is 8.42. The van der Waals surface area contributed by atoms with Crippen LogP contribution in [0.25, 0.3) is 11.0 Å². The van der Waals surface area contributed by atoms with E-state index in [4.69, 9.17) is 28.2 Å². The van der Waals surface area contributed by atoms with Crippen LogP contribution in [0.4, 0.5) is 16.3 Å². The van der Waals surface area contributed by atoms with Gasteiger partial charge in [-0.2, -0.15) is 5.10 Å². The lowest BCUT2D eigenvalue weighted by Gasteiger charge is -2.24. The van der Waals surface area contributed by atoms with Crippen molar-refractivity contribution in [2.75, 3.05) is 16.9 Å². The number of rotatable bonds is 5. The zero-order valence-corrected chi connectivity index (χ0v) is 18.4. The molecule has 0 radical (unpaired) electrons. The molecule has 0 fully saturated rings. The molecule has 0 aliphatic heterocycles. The highest BCUT2D eigenvalue weighted by molar-refractivity contribution is 6.33. The predicted octanol–water partition coefficient (Wildman–Crippen LogP) is 4.66. The van der Waals surface area contributed by atoms with Gasteiger partial charge < -0.3 is 5.32 Å². The predicted molar refractivity (Wildman–Crippen MR) is 117 cm³/mol. The summed E-state index contributed by atoms with van der Waals surface area (Å²) in [6, 6.07) is 4.58. The summed E-state index contributed by atoms with van der Waals surface area (Å²) in [4.78, 5) is 21.1. The number of hydrogen-bond donors (Lipinski definition) is 2. The molecule has 3 heterocycles. The molecule has 154 valence electrons. The third kappa shape index (κ3) is 4.54. The number of amides is 2. The molecular weight excluding hydrogens is 413 g/mol. The fraction of sp³-hybridized carbons (Fsp3) is 0.368. The number of fused-ring (bicyclic) bond motifs is 1. The van der Waals surface area contributed by atoms with Crippen LogP contribution in [0.3, 0.4) is 0 Å². The molecule has 0 unspecified atom stereocenters. The number of hydrogen-bond acceptors (Lipinski definition) is 5. The van der Waals surface area contributed by atoms with E-state index in [-0.39, 0.29) is 16.2 Å². The summed E-state index contributed by atoms with van der Waals surface area (Å²) >= 11 is 11.8. The molecule has 3 aromatic rings. The number of halogens is 2. The van der Waals surface area contributed by atoms with Gasteiger partial charge in [0.25, 0.3) is 0 Å². The first kappa shape index (κ1) is 21.1. The van der Waals surface area contributed by atoms with E-state index in [2.05, 4.69) is 34.7 Å². The van der Waals surface area contributed by atoms with Gasteiger partial charge in [0.15, 0.2) is 5.65 Å². The van der Waals surface area contributed by atoms with Gasteiger partial charge in [0.1, 0.15) is 16.1 Å².